The molecule has 0 aromatic rings. The molecule has 94 valence electrons. The molecule has 0 aromatic carbocycles. The van der Waals surface area contributed by atoms with Crippen LogP contribution in [0.15, 0.2) is 0 Å². The molecule has 0 aliphatic carbocycles. The minimum atomic E-state index is -0.417. The van der Waals surface area contributed by atoms with Gasteiger partial charge in [-0.05, 0) is 41.7 Å². The number of rotatable bonds is 0. The van der Waals surface area contributed by atoms with Crippen molar-refractivity contribution in [2.45, 2.75) is 52.3 Å². The van der Waals surface area contributed by atoms with E-state index in [9.17, 15) is 4.79 Å². The third-order valence-electron chi connectivity index (χ3n) is 2.71. The van der Waals surface area contributed by atoms with Crippen molar-refractivity contribution in [2.75, 3.05) is 20.1 Å². The first kappa shape index (κ1) is 13.3. The van der Waals surface area contributed by atoms with Crippen molar-refractivity contribution in [1.82, 2.24) is 9.80 Å². The lowest BCUT2D eigenvalue weighted by Gasteiger charge is -2.43. The summed E-state index contributed by atoms with van der Waals surface area (Å²) in [4.78, 5) is 16.1. The molecule has 0 bridgehead atoms. The molecule has 0 N–H and O–H groups in total. The van der Waals surface area contributed by atoms with Crippen molar-refractivity contribution in [3.63, 3.8) is 0 Å². The van der Waals surface area contributed by atoms with E-state index in [0.717, 1.165) is 13.1 Å². The Morgan fingerprint density at radius 1 is 1.19 bits per heavy atom. The van der Waals surface area contributed by atoms with E-state index < -0.39 is 5.60 Å². The van der Waals surface area contributed by atoms with Gasteiger partial charge in [-0.1, -0.05) is 0 Å². The highest BCUT2D eigenvalue weighted by Gasteiger charge is 2.34. The Hall–Kier alpha value is -0.770. The van der Waals surface area contributed by atoms with E-state index in [-0.39, 0.29) is 18.2 Å². The molecule has 1 rings (SSSR count). The van der Waals surface area contributed by atoms with Crippen LogP contribution in [0.3, 0.4) is 0 Å². The molecular formula is C12H24N2O2. The molecule has 1 amide bonds. The summed E-state index contributed by atoms with van der Waals surface area (Å²) in [7, 11) is 2.08. The molecule has 1 aliphatic rings. The molecule has 2 unspecified atom stereocenters. The minimum Gasteiger partial charge on any atom is -0.444 e. The molecule has 1 saturated heterocycles. The van der Waals surface area contributed by atoms with E-state index in [1.165, 1.54) is 0 Å². The van der Waals surface area contributed by atoms with Crippen LogP contribution in [0.1, 0.15) is 34.6 Å². The fourth-order valence-corrected chi connectivity index (χ4v) is 2.26. The van der Waals surface area contributed by atoms with Gasteiger partial charge in [-0.25, -0.2) is 4.79 Å². The zero-order chi connectivity index (χ0) is 12.5. The van der Waals surface area contributed by atoms with Gasteiger partial charge in [0.2, 0.25) is 0 Å². The quantitative estimate of drug-likeness (QED) is 0.635. The Bertz CT molecular complexity index is 248. The number of likely N-dealkylation sites (N-methyl/N-ethyl adjacent to an activating group) is 1. The number of nitrogens with zero attached hydrogens (tertiary/aromatic N) is 2. The normalized spacial score (nSPS) is 28.0. The van der Waals surface area contributed by atoms with Crippen LogP contribution >= 0.6 is 0 Å². The molecule has 0 radical (unpaired) electrons. The van der Waals surface area contributed by atoms with Gasteiger partial charge in [0.05, 0.1) is 0 Å². The van der Waals surface area contributed by atoms with Gasteiger partial charge in [0.25, 0.3) is 0 Å². The third-order valence-corrected chi connectivity index (χ3v) is 2.71. The largest absolute Gasteiger partial charge is 0.444 e. The van der Waals surface area contributed by atoms with Crippen LogP contribution in [0.5, 0.6) is 0 Å². The summed E-state index contributed by atoms with van der Waals surface area (Å²) in [5, 5.41) is 0. The summed E-state index contributed by atoms with van der Waals surface area (Å²) in [5.74, 6) is 0. The molecule has 16 heavy (non-hydrogen) atoms. The van der Waals surface area contributed by atoms with Crippen molar-refractivity contribution < 1.29 is 9.53 Å². The first-order valence-corrected chi connectivity index (χ1v) is 5.90. The maximum atomic E-state index is 12.0. The van der Waals surface area contributed by atoms with Crippen LogP contribution in [0, 0.1) is 0 Å². The number of ether oxygens (including phenoxy) is 1. The Morgan fingerprint density at radius 2 is 1.62 bits per heavy atom. The minimum absolute atomic E-state index is 0.194. The predicted molar refractivity (Wildman–Crippen MR) is 64.5 cm³/mol. The second-order valence-electron chi connectivity index (χ2n) is 5.81. The van der Waals surface area contributed by atoms with Gasteiger partial charge in [-0.2, -0.15) is 0 Å². The second kappa shape index (κ2) is 4.62. The molecule has 1 fully saturated rings. The van der Waals surface area contributed by atoms with E-state index in [1.807, 2.05) is 25.7 Å². The molecule has 0 saturated carbocycles. The Labute approximate surface area is 98.5 Å². The second-order valence-corrected chi connectivity index (χ2v) is 5.81. The van der Waals surface area contributed by atoms with Crippen molar-refractivity contribution in [1.29, 1.82) is 0 Å². The van der Waals surface area contributed by atoms with Crippen LogP contribution in [0.25, 0.3) is 0 Å². The highest BCUT2D eigenvalue weighted by Crippen LogP contribution is 2.18. The number of hydrogen-bond donors (Lipinski definition) is 0. The fraction of sp³-hybridized carbons (Fsp3) is 0.917. The topological polar surface area (TPSA) is 32.8 Å². The molecule has 4 nitrogen and oxygen atoms in total. The molecule has 2 atom stereocenters. The molecule has 4 heteroatoms. The Balaban J connectivity index is 2.67. The Morgan fingerprint density at radius 3 is 2.00 bits per heavy atom. The van der Waals surface area contributed by atoms with Crippen molar-refractivity contribution in [3.05, 3.63) is 0 Å². The summed E-state index contributed by atoms with van der Waals surface area (Å²) in [6.45, 7) is 11.6. The van der Waals surface area contributed by atoms with Gasteiger partial charge in [-0.15, -0.1) is 0 Å². The Kier molecular flexibility index (Phi) is 3.84. The maximum absolute atomic E-state index is 12.0. The van der Waals surface area contributed by atoms with Crippen molar-refractivity contribution >= 4 is 6.09 Å². The number of carbonyl (C=O) groups excluding carboxylic acids is 1. The van der Waals surface area contributed by atoms with Gasteiger partial charge in [-0.3, -0.25) is 0 Å². The number of hydrogen-bond acceptors (Lipinski definition) is 3. The van der Waals surface area contributed by atoms with Gasteiger partial charge in [0.15, 0.2) is 0 Å². The molecule has 1 aliphatic heterocycles. The number of amides is 1. The highest BCUT2D eigenvalue weighted by atomic mass is 16.6. The van der Waals surface area contributed by atoms with Gasteiger partial charge in [0, 0.05) is 25.2 Å². The maximum Gasteiger partial charge on any atom is 0.410 e. The smallest absolute Gasteiger partial charge is 0.410 e. The SMILES string of the molecule is CC1CN(C)CC(C)N1C(=O)OC(C)(C)C. The average molecular weight is 228 g/mol. The lowest BCUT2D eigenvalue weighted by atomic mass is 10.1. The summed E-state index contributed by atoms with van der Waals surface area (Å²) in [6, 6.07) is 0.423. The number of carbonyl (C=O) groups is 1. The summed E-state index contributed by atoms with van der Waals surface area (Å²) >= 11 is 0. The molecular weight excluding hydrogens is 204 g/mol. The van der Waals surface area contributed by atoms with E-state index >= 15 is 0 Å². The van der Waals surface area contributed by atoms with E-state index in [1.54, 1.807) is 0 Å². The average Bonchev–Trinajstić information content (AvgIpc) is 1.96. The standard InChI is InChI=1S/C12H24N2O2/c1-9-7-13(6)8-10(2)14(9)11(15)16-12(3,4)5/h9-10H,7-8H2,1-6H3. The molecule has 0 aromatic heterocycles. The molecule has 1 heterocycles. The zero-order valence-corrected chi connectivity index (χ0v) is 11.3. The van der Waals surface area contributed by atoms with Gasteiger partial charge in [0.1, 0.15) is 5.60 Å². The van der Waals surface area contributed by atoms with Crippen LogP contribution in [-0.2, 0) is 4.74 Å². The van der Waals surface area contributed by atoms with E-state index in [4.69, 9.17) is 4.74 Å². The third kappa shape index (κ3) is 3.37. The lowest BCUT2D eigenvalue weighted by molar-refractivity contribution is -0.0111. The van der Waals surface area contributed by atoms with Crippen LogP contribution in [0.4, 0.5) is 4.79 Å². The fourth-order valence-electron chi connectivity index (χ4n) is 2.26. The van der Waals surface area contributed by atoms with Crippen LogP contribution in [-0.4, -0.2) is 53.7 Å². The van der Waals surface area contributed by atoms with Crippen molar-refractivity contribution in [3.8, 4) is 0 Å². The van der Waals surface area contributed by atoms with Crippen LogP contribution < -0.4 is 0 Å². The summed E-state index contributed by atoms with van der Waals surface area (Å²) < 4.78 is 5.42. The monoisotopic (exact) mass is 228 g/mol. The van der Waals surface area contributed by atoms with Crippen molar-refractivity contribution in [2.24, 2.45) is 0 Å². The highest BCUT2D eigenvalue weighted by molar-refractivity contribution is 5.69. The van der Waals surface area contributed by atoms with Gasteiger partial charge >= 0.3 is 6.09 Å². The van der Waals surface area contributed by atoms with Crippen LogP contribution in [0.2, 0.25) is 0 Å². The predicted octanol–water partition coefficient (Wildman–Crippen LogP) is 1.95. The van der Waals surface area contributed by atoms with E-state index in [2.05, 4.69) is 25.8 Å². The first-order chi connectivity index (χ1) is 7.20. The summed E-state index contributed by atoms with van der Waals surface area (Å²) in [6.07, 6.45) is -0.194. The first-order valence-electron chi connectivity index (χ1n) is 5.90. The van der Waals surface area contributed by atoms with Gasteiger partial charge < -0.3 is 14.5 Å². The zero-order valence-electron chi connectivity index (χ0n) is 11.3. The van der Waals surface area contributed by atoms with E-state index in [0.29, 0.717) is 0 Å². The summed E-state index contributed by atoms with van der Waals surface area (Å²) in [5.41, 5.74) is -0.417. The molecule has 0 spiro atoms. The lowest BCUT2D eigenvalue weighted by Crippen LogP contribution is -2.58. The number of piperazine rings is 1.